The minimum Gasteiger partial charge on any atom is -0.379 e. The van der Waals surface area contributed by atoms with Crippen molar-refractivity contribution < 1.29 is 17.9 Å². The van der Waals surface area contributed by atoms with Gasteiger partial charge in [-0.25, -0.2) is 8.42 Å². The van der Waals surface area contributed by atoms with Crippen LogP contribution in [0.1, 0.15) is 28.4 Å². The molecule has 7 nitrogen and oxygen atoms in total. The quantitative estimate of drug-likeness (QED) is 0.665. The molecule has 0 atom stereocenters. The molecule has 172 valence electrons. The van der Waals surface area contributed by atoms with Crippen molar-refractivity contribution in [3.8, 4) is 0 Å². The molecule has 0 saturated carbocycles. The summed E-state index contributed by atoms with van der Waals surface area (Å²) < 4.78 is 33.3. The molecule has 32 heavy (non-hydrogen) atoms. The van der Waals surface area contributed by atoms with Gasteiger partial charge >= 0.3 is 0 Å². The third-order valence-electron chi connectivity index (χ3n) is 6.19. The minimum atomic E-state index is -3.66. The lowest BCUT2D eigenvalue weighted by molar-refractivity contribution is 0.0628. The number of rotatable bonds is 6. The van der Waals surface area contributed by atoms with Crippen molar-refractivity contribution in [1.29, 1.82) is 0 Å². The van der Waals surface area contributed by atoms with Gasteiger partial charge in [0, 0.05) is 51.4 Å². The molecule has 0 aromatic heterocycles. The second-order valence-electron chi connectivity index (χ2n) is 8.25. The Morgan fingerprint density at radius 3 is 2.28 bits per heavy atom. The van der Waals surface area contributed by atoms with Crippen LogP contribution in [-0.4, -0.2) is 80.9 Å². The van der Waals surface area contributed by atoms with Gasteiger partial charge in [0.25, 0.3) is 5.91 Å². The van der Waals surface area contributed by atoms with Gasteiger partial charge in [0.05, 0.1) is 18.1 Å². The smallest absolute Gasteiger partial charge is 0.253 e. The normalized spacial score (nSPS) is 18.6. The second-order valence-corrected chi connectivity index (χ2v) is 10.2. The van der Waals surface area contributed by atoms with E-state index >= 15 is 0 Å². The molecule has 8 heteroatoms. The number of hydrogen-bond acceptors (Lipinski definition) is 5. The van der Waals surface area contributed by atoms with Crippen molar-refractivity contribution in [2.24, 2.45) is 0 Å². The number of morpholine rings is 1. The summed E-state index contributed by atoms with van der Waals surface area (Å²) in [5.74, 6) is -0.106. The first-order valence-corrected chi connectivity index (χ1v) is 12.7. The minimum absolute atomic E-state index is 0.106. The number of hydrogen-bond donors (Lipinski definition) is 0. The zero-order valence-corrected chi connectivity index (χ0v) is 19.4. The largest absolute Gasteiger partial charge is 0.379 e. The highest BCUT2D eigenvalue weighted by Crippen LogP contribution is 2.24. The molecule has 0 N–H and O–H groups in total. The van der Waals surface area contributed by atoms with Crippen LogP contribution in [0.25, 0.3) is 0 Å². The van der Waals surface area contributed by atoms with E-state index in [1.807, 2.05) is 30.0 Å². The monoisotopic (exact) mass is 457 g/mol. The van der Waals surface area contributed by atoms with Crippen LogP contribution < -0.4 is 0 Å². The first kappa shape index (κ1) is 22.9. The molecule has 0 spiro atoms. The van der Waals surface area contributed by atoms with E-state index in [2.05, 4.69) is 17.0 Å². The number of carbonyl (C=O) groups is 1. The van der Waals surface area contributed by atoms with E-state index in [1.54, 1.807) is 18.2 Å². The highest BCUT2D eigenvalue weighted by Gasteiger charge is 2.30. The molecule has 2 aliphatic rings. The maximum absolute atomic E-state index is 13.3. The predicted octanol–water partition coefficient (Wildman–Crippen LogP) is 2.23. The fourth-order valence-electron chi connectivity index (χ4n) is 4.28. The Bertz CT molecular complexity index is 1030. The fraction of sp³-hybridized carbons (Fsp3) is 0.458. The van der Waals surface area contributed by atoms with E-state index in [4.69, 9.17) is 4.74 Å². The molecule has 2 saturated heterocycles. The zero-order chi connectivity index (χ0) is 22.6. The molecule has 2 aromatic carbocycles. The molecular weight excluding hydrogens is 426 g/mol. The molecule has 2 fully saturated rings. The lowest BCUT2D eigenvalue weighted by Gasteiger charge is -2.35. The Labute approximate surface area is 190 Å². The van der Waals surface area contributed by atoms with Crippen LogP contribution in [0.15, 0.2) is 53.4 Å². The number of piperazine rings is 1. The fourth-order valence-corrected chi connectivity index (χ4v) is 6.01. The van der Waals surface area contributed by atoms with E-state index in [9.17, 15) is 13.2 Å². The van der Waals surface area contributed by atoms with Crippen LogP contribution in [-0.2, 0) is 27.7 Å². The molecular formula is C24H31N3O4S. The number of carbonyl (C=O) groups excluding carboxylic acids is 1. The lowest BCUT2D eigenvalue weighted by atomic mass is 10.1. The van der Waals surface area contributed by atoms with E-state index in [-0.39, 0.29) is 10.8 Å². The number of amides is 1. The third kappa shape index (κ3) is 5.04. The maximum Gasteiger partial charge on any atom is 0.253 e. The number of ether oxygens (including phenoxy) is 1. The molecule has 2 aliphatic heterocycles. The Morgan fingerprint density at radius 1 is 0.938 bits per heavy atom. The van der Waals surface area contributed by atoms with Gasteiger partial charge in [-0.1, -0.05) is 43.3 Å². The molecule has 0 aliphatic carbocycles. The summed E-state index contributed by atoms with van der Waals surface area (Å²) in [5.41, 5.74) is 2.44. The van der Waals surface area contributed by atoms with Crippen LogP contribution >= 0.6 is 0 Å². The summed E-state index contributed by atoms with van der Waals surface area (Å²) in [7, 11) is -3.66. The molecule has 0 bridgehead atoms. The van der Waals surface area contributed by atoms with Crippen molar-refractivity contribution >= 4 is 15.9 Å². The first-order chi connectivity index (χ1) is 15.5. The summed E-state index contributed by atoms with van der Waals surface area (Å²) in [6.07, 6.45) is 0.589. The van der Waals surface area contributed by atoms with Gasteiger partial charge in [-0.3, -0.25) is 9.69 Å². The Morgan fingerprint density at radius 2 is 1.62 bits per heavy atom. The summed E-state index contributed by atoms with van der Waals surface area (Å²) >= 11 is 0. The van der Waals surface area contributed by atoms with Gasteiger partial charge in [-0.15, -0.1) is 0 Å². The van der Waals surface area contributed by atoms with Crippen molar-refractivity contribution in [2.45, 2.75) is 24.8 Å². The molecule has 1 amide bonds. The third-order valence-corrected chi connectivity index (χ3v) is 8.17. The molecule has 2 aromatic rings. The molecule has 0 unspecified atom stereocenters. The van der Waals surface area contributed by atoms with Crippen molar-refractivity contribution in [2.75, 3.05) is 52.5 Å². The average molecular weight is 458 g/mol. The standard InChI is InChI=1S/C24H31N3O4S/c1-2-21-8-9-22(18-23(21)32(29,30)27-14-16-31-17-15-27)24(28)26-12-10-25(11-13-26)19-20-6-4-3-5-7-20/h3-9,18H,2,10-17,19H2,1H3. The number of benzene rings is 2. The Kier molecular flexibility index (Phi) is 7.25. The number of nitrogens with zero attached hydrogens (tertiary/aromatic N) is 3. The van der Waals surface area contributed by atoms with Crippen LogP contribution in [0.5, 0.6) is 0 Å². The van der Waals surface area contributed by atoms with Gasteiger partial charge in [-0.2, -0.15) is 4.31 Å². The van der Waals surface area contributed by atoms with Gasteiger partial charge in [-0.05, 0) is 29.7 Å². The summed E-state index contributed by atoms with van der Waals surface area (Å²) in [4.78, 5) is 17.6. The summed E-state index contributed by atoms with van der Waals surface area (Å²) in [5, 5.41) is 0. The van der Waals surface area contributed by atoms with E-state index in [1.165, 1.54) is 9.87 Å². The summed E-state index contributed by atoms with van der Waals surface area (Å²) in [6.45, 7) is 7.13. The van der Waals surface area contributed by atoms with Crippen molar-refractivity contribution in [1.82, 2.24) is 14.1 Å². The molecule has 4 rings (SSSR count). The van der Waals surface area contributed by atoms with Gasteiger partial charge in [0.15, 0.2) is 0 Å². The van der Waals surface area contributed by atoms with Gasteiger partial charge in [0.1, 0.15) is 0 Å². The van der Waals surface area contributed by atoms with E-state index in [0.29, 0.717) is 51.4 Å². The topological polar surface area (TPSA) is 70.2 Å². The number of aryl methyl sites for hydroxylation is 1. The Hall–Kier alpha value is -2.26. The van der Waals surface area contributed by atoms with Gasteiger partial charge < -0.3 is 9.64 Å². The predicted molar refractivity (Wildman–Crippen MR) is 123 cm³/mol. The highest BCUT2D eigenvalue weighted by atomic mass is 32.2. The second kappa shape index (κ2) is 10.1. The van der Waals surface area contributed by atoms with Crippen LogP contribution in [0.2, 0.25) is 0 Å². The van der Waals surface area contributed by atoms with Crippen LogP contribution in [0, 0.1) is 0 Å². The zero-order valence-electron chi connectivity index (χ0n) is 18.6. The number of sulfonamides is 1. The summed E-state index contributed by atoms with van der Waals surface area (Å²) in [6, 6.07) is 15.4. The van der Waals surface area contributed by atoms with Crippen molar-refractivity contribution in [3.63, 3.8) is 0 Å². The van der Waals surface area contributed by atoms with Crippen LogP contribution in [0.3, 0.4) is 0 Å². The van der Waals surface area contributed by atoms with E-state index in [0.717, 1.165) is 25.2 Å². The van der Waals surface area contributed by atoms with E-state index < -0.39 is 10.0 Å². The molecule has 0 radical (unpaired) electrons. The highest BCUT2D eigenvalue weighted by molar-refractivity contribution is 7.89. The van der Waals surface area contributed by atoms with Crippen molar-refractivity contribution in [3.05, 3.63) is 65.2 Å². The molecule has 2 heterocycles. The SMILES string of the molecule is CCc1ccc(C(=O)N2CCN(Cc3ccccc3)CC2)cc1S(=O)(=O)N1CCOCC1. The Balaban J connectivity index is 1.47. The van der Waals surface area contributed by atoms with Gasteiger partial charge in [0.2, 0.25) is 10.0 Å². The maximum atomic E-state index is 13.3. The lowest BCUT2D eigenvalue weighted by Crippen LogP contribution is -2.48. The first-order valence-electron chi connectivity index (χ1n) is 11.3. The average Bonchev–Trinajstić information content (AvgIpc) is 2.85. The van der Waals surface area contributed by atoms with Crippen LogP contribution in [0.4, 0.5) is 0 Å².